The van der Waals surface area contributed by atoms with Crippen LogP contribution in [-0.4, -0.2) is 18.7 Å². The number of benzene rings is 1. The van der Waals surface area contributed by atoms with Crippen molar-refractivity contribution in [3.8, 4) is 5.75 Å². The molecule has 0 fully saturated rings. The van der Waals surface area contributed by atoms with Gasteiger partial charge in [0, 0.05) is 6.04 Å². The third kappa shape index (κ3) is 5.24. The predicted octanol–water partition coefficient (Wildman–Crippen LogP) is 2.72. The molecule has 0 heterocycles. The fourth-order valence-corrected chi connectivity index (χ4v) is 1.27. The highest BCUT2D eigenvalue weighted by atomic mass is 16.5. The number of carbonyl (C=O) groups excluding carboxylic acids is 1. The van der Waals surface area contributed by atoms with Gasteiger partial charge in [0.15, 0.2) is 0 Å². The average molecular weight is 237 g/mol. The Morgan fingerprint density at radius 3 is 2.47 bits per heavy atom. The zero-order valence-electron chi connectivity index (χ0n) is 10.5. The van der Waals surface area contributed by atoms with Crippen LogP contribution in [0.15, 0.2) is 24.3 Å². The van der Waals surface area contributed by atoms with Gasteiger partial charge in [0.25, 0.3) is 0 Å². The number of carbonyl (C=O) groups is 1. The van der Waals surface area contributed by atoms with Gasteiger partial charge >= 0.3 is 6.09 Å². The Morgan fingerprint density at radius 1 is 1.29 bits per heavy atom. The fourth-order valence-electron chi connectivity index (χ4n) is 1.27. The molecule has 1 amide bonds. The monoisotopic (exact) mass is 237 g/mol. The second kappa shape index (κ2) is 6.78. The summed E-state index contributed by atoms with van der Waals surface area (Å²) >= 11 is 0. The second-order valence-electron chi connectivity index (χ2n) is 3.95. The van der Waals surface area contributed by atoms with Crippen LogP contribution in [0.5, 0.6) is 5.75 Å². The summed E-state index contributed by atoms with van der Waals surface area (Å²) in [6, 6.07) is 7.58. The summed E-state index contributed by atoms with van der Waals surface area (Å²) in [6.07, 6.45) is -0.395. The Bertz CT molecular complexity index is 346. The van der Waals surface area contributed by atoms with Crippen molar-refractivity contribution in [2.45, 2.75) is 33.4 Å². The maximum absolute atomic E-state index is 11.2. The molecule has 4 nitrogen and oxygen atoms in total. The highest BCUT2D eigenvalue weighted by molar-refractivity contribution is 5.67. The van der Waals surface area contributed by atoms with E-state index < -0.39 is 6.09 Å². The average Bonchev–Trinajstić information content (AvgIpc) is 2.28. The summed E-state index contributed by atoms with van der Waals surface area (Å²) < 4.78 is 10.4. The third-order valence-electron chi connectivity index (χ3n) is 2.01. The molecule has 0 aliphatic rings. The molecule has 1 aromatic carbocycles. The van der Waals surface area contributed by atoms with Crippen molar-refractivity contribution in [3.63, 3.8) is 0 Å². The first-order chi connectivity index (χ1) is 8.11. The predicted molar refractivity (Wildman–Crippen MR) is 66.1 cm³/mol. The Kier molecular flexibility index (Phi) is 5.33. The minimum Gasteiger partial charge on any atom is -0.494 e. The molecule has 0 saturated carbocycles. The summed E-state index contributed by atoms with van der Waals surface area (Å²) in [5, 5.41) is 2.66. The van der Waals surface area contributed by atoms with E-state index in [1.165, 1.54) is 0 Å². The molecule has 1 N–H and O–H groups in total. The van der Waals surface area contributed by atoms with Crippen LogP contribution in [0.1, 0.15) is 26.3 Å². The van der Waals surface area contributed by atoms with E-state index in [1.54, 1.807) is 0 Å². The summed E-state index contributed by atoms with van der Waals surface area (Å²) in [5.41, 5.74) is 0.937. The maximum atomic E-state index is 11.2. The Hall–Kier alpha value is -1.71. The zero-order valence-corrected chi connectivity index (χ0v) is 10.5. The van der Waals surface area contributed by atoms with Crippen LogP contribution in [0, 0.1) is 0 Å². The van der Waals surface area contributed by atoms with Crippen LogP contribution in [0.2, 0.25) is 0 Å². The van der Waals surface area contributed by atoms with Gasteiger partial charge in [-0.25, -0.2) is 4.79 Å². The normalized spacial score (nSPS) is 10.1. The number of hydrogen-bond acceptors (Lipinski definition) is 3. The molecule has 0 radical (unpaired) electrons. The van der Waals surface area contributed by atoms with Crippen LogP contribution >= 0.6 is 0 Å². The van der Waals surface area contributed by atoms with E-state index >= 15 is 0 Å². The minimum absolute atomic E-state index is 0.0860. The van der Waals surface area contributed by atoms with Crippen molar-refractivity contribution >= 4 is 6.09 Å². The van der Waals surface area contributed by atoms with E-state index in [0.717, 1.165) is 11.3 Å². The van der Waals surface area contributed by atoms with E-state index in [-0.39, 0.29) is 12.6 Å². The molecule has 0 aliphatic heterocycles. The molecule has 1 aromatic rings. The van der Waals surface area contributed by atoms with Gasteiger partial charge in [-0.1, -0.05) is 12.1 Å². The Morgan fingerprint density at radius 2 is 1.94 bits per heavy atom. The lowest BCUT2D eigenvalue weighted by Gasteiger charge is -2.09. The summed E-state index contributed by atoms with van der Waals surface area (Å²) in [7, 11) is 0. The first kappa shape index (κ1) is 13.4. The van der Waals surface area contributed by atoms with Crippen molar-refractivity contribution in [2.75, 3.05) is 6.61 Å². The molecule has 0 bridgehead atoms. The molecule has 4 heteroatoms. The Balaban J connectivity index is 2.39. The molecule has 1 rings (SSSR count). The number of nitrogens with one attached hydrogen (secondary N) is 1. The SMILES string of the molecule is CCOc1ccc(COC(=O)NC(C)C)cc1. The van der Waals surface area contributed by atoms with Gasteiger partial charge in [-0.2, -0.15) is 0 Å². The van der Waals surface area contributed by atoms with Crippen LogP contribution < -0.4 is 10.1 Å². The van der Waals surface area contributed by atoms with Gasteiger partial charge in [-0.15, -0.1) is 0 Å². The molecule has 0 aromatic heterocycles. The maximum Gasteiger partial charge on any atom is 0.407 e. The van der Waals surface area contributed by atoms with Crippen LogP contribution in [-0.2, 0) is 11.3 Å². The van der Waals surface area contributed by atoms with Crippen LogP contribution in [0.25, 0.3) is 0 Å². The van der Waals surface area contributed by atoms with E-state index in [4.69, 9.17) is 9.47 Å². The van der Waals surface area contributed by atoms with Crippen molar-refractivity contribution in [3.05, 3.63) is 29.8 Å². The summed E-state index contributed by atoms with van der Waals surface area (Å²) in [4.78, 5) is 11.2. The molecule has 0 spiro atoms. The van der Waals surface area contributed by atoms with Gasteiger partial charge in [-0.3, -0.25) is 0 Å². The number of amides is 1. The van der Waals surface area contributed by atoms with Gasteiger partial charge < -0.3 is 14.8 Å². The fraction of sp³-hybridized carbons (Fsp3) is 0.462. The van der Waals surface area contributed by atoms with Crippen LogP contribution in [0.3, 0.4) is 0 Å². The van der Waals surface area contributed by atoms with Crippen LogP contribution in [0.4, 0.5) is 4.79 Å². The largest absolute Gasteiger partial charge is 0.494 e. The lowest BCUT2D eigenvalue weighted by atomic mass is 10.2. The smallest absolute Gasteiger partial charge is 0.407 e. The Labute approximate surface area is 102 Å². The molecule has 94 valence electrons. The standard InChI is InChI=1S/C13H19NO3/c1-4-16-12-7-5-11(6-8-12)9-17-13(15)14-10(2)3/h5-8,10H,4,9H2,1-3H3,(H,14,15). The molecule has 0 unspecified atom stereocenters. The van der Waals surface area contributed by atoms with Crippen molar-refractivity contribution in [1.82, 2.24) is 5.32 Å². The van der Waals surface area contributed by atoms with Crippen molar-refractivity contribution < 1.29 is 14.3 Å². The number of rotatable bonds is 5. The lowest BCUT2D eigenvalue weighted by Crippen LogP contribution is -2.30. The highest BCUT2D eigenvalue weighted by Crippen LogP contribution is 2.12. The molecule has 0 saturated heterocycles. The topological polar surface area (TPSA) is 47.6 Å². The summed E-state index contributed by atoms with van der Waals surface area (Å²) in [6.45, 7) is 6.63. The second-order valence-corrected chi connectivity index (χ2v) is 3.95. The molecular weight excluding hydrogens is 218 g/mol. The molecule has 0 atom stereocenters. The number of hydrogen-bond donors (Lipinski definition) is 1. The first-order valence-corrected chi connectivity index (χ1v) is 5.77. The zero-order chi connectivity index (χ0) is 12.7. The van der Waals surface area contributed by atoms with E-state index in [0.29, 0.717) is 6.61 Å². The van der Waals surface area contributed by atoms with Gasteiger partial charge in [0.1, 0.15) is 12.4 Å². The number of ether oxygens (including phenoxy) is 2. The molecule has 17 heavy (non-hydrogen) atoms. The number of alkyl carbamates (subject to hydrolysis) is 1. The van der Waals surface area contributed by atoms with Crippen molar-refractivity contribution in [1.29, 1.82) is 0 Å². The molecule has 0 aliphatic carbocycles. The highest BCUT2D eigenvalue weighted by Gasteiger charge is 2.04. The van der Waals surface area contributed by atoms with Gasteiger partial charge in [0.05, 0.1) is 6.61 Å². The van der Waals surface area contributed by atoms with E-state index in [2.05, 4.69) is 5.32 Å². The van der Waals surface area contributed by atoms with E-state index in [1.807, 2.05) is 45.0 Å². The quantitative estimate of drug-likeness (QED) is 0.856. The lowest BCUT2D eigenvalue weighted by molar-refractivity contribution is 0.137. The first-order valence-electron chi connectivity index (χ1n) is 5.77. The van der Waals surface area contributed by atoms with Crippen molar-refractivity contribution in [2.24, 2.45) is 0 Å². The van der Waals surface area contributed by atoms with Gasteiger partial charge in [0.2, 0.25) is 0 Å². The molecular formula is C13H19NO3. The summed E-state index contributed by atoms with van der Waals surface area (Å²) in [5.74, 6) is 0.822. The van der Waals surface area contributed by atoms with E-state index in [9.17, 15) is 4.79 Å². The van der Waals surface area contributed by atoms with Gasteiger partial charge in [-0.05, 0) is 38.5 Å². The third-order valence-corrected chi connectivity index (χ3v) is 2.01. The minimum atomic E-state index is -0.395.